The number of benzene rings is 1. The Kier molecular flexibility index (Phi) is 4.59. The van der Waals surface area contributed by atoms with E-state index in [1.54, 1.807) is 6.92 Å². The molecule has 19 heavy (non-hydrogen) atoms. The first kappa shape index (κ1) is 14.1. The number of rotatable bonds is 5. The highest BCUT2D eigenvalue weighted by molar-refractivity contribution is 6.17. The molecule has 0 aliphatic carbocycles. The highest BCUT2D eigenvalue weighted by Gasteiger charge is 2.09. The van der Waals surface area contributed by atoms with Crippen molar-refractivity contribution in [2.75, 3.05) is 5.88 Å². The Morgan fingerprint density at radius 1 is 1.32 bits per heavy atom. The largest absolute Gasteiger partial charge is 0.305 e. The van der Waals surface area contributed by atoms with Crippen molar-refractivity contribution in [3.63, 3.8) is 0 Å². The van der Waals surface area contributed by atoms with Crippen molar-refractivity contribution in [3.05, 3.63) is 40.3 Å². The first-order chi connectivity index (χ1) is 9.13. The number of alkyl halides is 1. The molecule has 1 atom stereocenters. The van der Waals surface area contributed by atoms with Gasteiger partial charge in [-0.05, 0) is 37.8 Å². The van der Waals surface area contributed by atoms with Crippen molar-refractivity contribution in [1.29, 1.82) is 0 Å². The first-order valence-electron chi connectivity index (χ1n) is 6.65. The summed E-state index contributed by atoms with van der Waals surface area (Å²) in [5.74, 6) is 1.20. The van der Waals surface area contributed by atoms with Crippen molar-refractivity contribution >= 4 is 22.6 Å². The van der Waals surface area contributed by atoms with E-state index >= 15 is 0 Å². The number of para-hydroxylation sites is 2. The van der Waals surface area contributed by atoms with E-state index in [9.17, 15) is 4.79 Å². The van der Waals surface area contributed by atoms with Crippen molar-refractivity contribution in [1.82, 2.24) is 9.55 Å². The van der Waals surface area contributed by atoms with Crippen LogP contribution in [0.3, 0.4) is 0 Å². The second-order valence-electron chi connectivity index (χ2n) is 5.01. The number of nitrogens with zero attached hydrogens (tertiary/aromatic N) is 2. The second kappa shape index (κ2) is 6.20. The molecule has 0 aliphatic heterocycles. The zero-order valence-electron chi connectivity index (χ0n) is 11.4. The molecule has 0 fully saturated rings. The summed E-state index contributed by atoms with van der Waals surface area (Å²) in [6.07, 6.45) is 1.94. The van der Waals surface area contributed by atoms with Crippen LogP contribution in [0.15, 0.2) is 29.1 Å². The molecule has 1 aromatic carbocycles. The Hall–Kier alpha value is -1.35. The number of hydrogen-bond acceptors (Lipinski definition) is 2. The fourth-order valence-corrected chi connectivity index (χ4v) is 2.59. The lowest BCUT2D eigenvalue weighted by Crippen LogP contribution is -2.25. The molecule has 102 valence electrons. The van der Waals surface area contributed by atoms with Gasteiger partial charge < -0.3 is 4.57 Å². The van der Waals surface area contributed by atoms with Crippen molar-refractivity contribution in [2.45, 2.75) is 33.2 Å². The van der Waals surface area contributed by atoms with Crippen LogP contribution in [0.1, 0.15) is 25.5 Å². The highest BCUT2D eigenvalue weighted by atomic mass is 35.5. The zero-order chi connectivity index (χ0) is 13.8. The van der Waals surface area contributed by atoms with E-state index in [2.05, 4.69) is 11.9 Å². The van der Waals surface area contributed by atoms with Crippen LogP contribution in [0.2, 0.25) is 0 Å². The Balaban J connectivity index is 2.35. The van der Waals surface area contributed by atoms with Crippen LogP contribution >= 0.6 is 11.6 Å². The quantitative estimate of drug-likeness (QED) is 0.786. The average Bonchev–Trinajstić information content (AvgIpc) is 2.39. The number of aromatic nitrogens is 2. The van der Waals surface area contributed by atoms with Gasteiger partial charge in [0.2, 0.25) is 0 Å². The molecule has 2 aromatic rings. The number of hydrogen-bond donors (Lipinski definition) is 0. The van der Waals surface area contributed by atoms with Gasteiger partial charge in [0.15, 0.2) is 0 Å². The summed E-state index contributed by atoms with van der Waals surface area (Å²) in [5.41, 5.74) is 2.36. The number of fused-ring (bicyclic) bond motifs is 1. The van der Waals surface area contributed by atoms with E-state index in [0.29, 0.717) is 17.5 Å². The lowest BCUT2D eigenvalue weighted by molar-refractivity contribution is 0.469. The molecule has 0 saturated heterocycles. The normalized spacial score (nSPS) is 12.8. The molecule has 0 aliphatic rings. The molecule has 0 N–H and O–H groups in total. The molecule has 3 nitrogen and oxygen atoms in total. The monoisotopic (exact) mass is 278 g/mol. The fraction of sp³-hybridized carbons (Fsp3) is 0.467. The molecular weight excluding hydrogens is 260 g/mol. The van der Waals surface area contributed by atoms with Crippen LogP contribution in [0, 0.1) is 12.8 Å². The van der Waals surface area contributed by atoms with Crippen molar-refractivity contribution in [3.8, 4) is 0 Å². The second-order valence-corrected chi connectivity index (χ2v) is 5.39. The van der Waals surface area contributed by atoms with E-state index in [1.807, 2.05) is 28.8 Å². The van der Waals surface area contributed by atoms with Gasteiger partial charge >= 0.3 is 0 Å². The summed E-state index contributed by atoms with van der Waals surface area (Å²) in [4.78, 5) is 16.6. The topological polar surface area (TPSA) is 34.9 Å². The fourth-order valence-electron chi connectivity index (χ4n) is 2.22. The molecular formula is C15H19ClN2O. The summed E-state index contributed by atoms with van der Waals surface area (Å²) in [6, 6.07) is 7.78. The van der Waals surface area contributed by atoms with E-state index < -0.39 is 0 Å². The molecule has 1 aromatic heterocycles. The van der Waals surface area contributed by atoms with Gasteiger partial charge in [-0.3, -0.25) is 4.79 Å². The SMILES string of the molecule is Cc1nc2ccccc2n(CCC(C)CCCl)c1=O. The molecule has 0 saturated carbocycles. The smallest absolute Gasteiger partial charge is 0.272 e. The molecule has 0 radical (unpaired) electrons. The first-order valence-corrected chi connectivity index (χ1v) is 7.19. The van der Waals surface area contributed by atoms with Crippen LogP contribution < -0.4 is 5.56 Å². The van der Waals surface area contributed by atoms with Gasteiger partial charge in [0.05, 0.1) is 11.0 Å². The van der Waals surface area contributed by atoms with Gasteiger partial charge in [-0.25, -0.2) is 4.98 Å². The molecule has 4 heteroatoms. The minimum absolute atomic E-state index is 0.0109. The maximum absolute atomic E-state index is 12.2. The van der Waals surface area contributed by atoms with Gasteiger partial charge in [0.1, 0.15) is 5.69 Å². The van der Waals surface area contributed by atoms with Gasteiger partial charge in [-0.15, -0.1) is 11.6 Å². The standard InChI is InChI=1S/C15H19ClN2O/c1-11(7-9-16)8-10-18-14-6-4-3-5-13(14)17-12(2)15(18)19/h3-6,11H,7-10H2,1-2H3. The Morgan fingerprint density at radius 3 is 2.79 bits per heavy atom. The lowest BCUT2D eigenvalue weighted by atomic mass is 10.1. The van der Waals surface area contributed by atoms with Gasteiger partial charge in [0, 0.05) is 12.4 Å². The van der Waals surface area contributed by atoms with Crippen LogP contribution in [-0.4, -0.2) is 15.4 Å². The van der Waals surface area contributed by atoms with E-state index in [0.717, 1.165) is 30.4 Å². The van der Waals surface area contributed by atoms with Crippen LogP contribution in [0.5, 0.6) is 0 Å². The summed E-state index contributed by atoms with van der Waals surface area (Å²) in [6.45, 7) is 4.66. The van der Waals surface area contributed by atoms with Crippen LogP contribution in [0.4, 0.5) is 0 Å². The third-order valence-electron chi connectivity index (χ3n) is 3.46. The number of halogens is 1. The van der Waals surface area contributed by atoms with Gasteiger partial charge in [-0.1, -0.05) is 19.1 Å². The minimum atomic E-state index is 0.0109. The zero-order valence-corrected chi connectivity index (χ0v) is 12.2. The highest BCUT2D eigenvalue weighted by Crippen LogP contribution is 2.14. The van der Waals surface area contributed by atoms with Crippen LogP contribution in [-0.2, 0) is 6.54 Å². The molecule has 2 rings (SSSR count). The Morgan fingerprint density at radius 2 is 2.05 bits per heavy atom. The molecule has 1 unspecified atom stereocenters. The maximum Gasteiger partial charge on any atom is 0.272 e. The molecule has 1 heterocycles. The third-order valence-corrected chi connectivity index (χ3v) is 3.68. The third kappa shape index (κ3) is 3.16. The summed E-state index contributed by atoms with van der Waals surface area (Å²) < 4.78 is 1.84. The van der Waals surface area contributed by atoms with Gasteiger partial charge in [-0.2, -0.15) is 0 Å². The number of aryl methyl sites for hydroxylation is 2. The van der Waals surface area contributed by atoms with Crippen molar-refractivity contribution in [2.24, 2.45) is 5.92 Å². The van der Waals surface area contributed by atoms with Crippen LogP contribution in [0.25, 0.3) is 11.0 Å². The summed E-state index contributed by atoms with van der Waals surface area (Å²) in [5, 5.41) is 0. The molecule has 0 bridgehead atoms. The van der Waals surface area contributed by atoms with Crippen molar-refractivity contribution < 1.29 is 0 Å². The Labute approximate surface area is 118 Å². The van der Waals surface area contributed by atoms with E-state index in [1.165, 1.54) is 0 Å². The van der Waals surface area contributed by atoms with E-state index in [-0.39, 0.29) is 5.56 Å². The predicted octanol–water partition coefficient (Wildman–Crippen LogP) is 3.36. The molecule has 0 amide bonds. The lowest BCUT2D eigenvalue weighted by Gasteiger charge is -2.14. The molecule has 0 spiro atoms. The maximum atomic E-state index is 12.2. The average molecular weight is 279 g/mol. The van der Waals surface area contributed by atoms with E-state index in [4.69, 9.17) is 11.6 Å². The Bertz CT molecular complexity index is 621. The minimum Gasteiger partial charge on any atom is -0.305 e. The summed E-state index contributed by atoms with van der Waals surface area (Å²) in [7, 11) is 0. The van der Waals surface area contributed by atoms with Gasteiger partial charge in [0.25, 0.3) is 5.56 Å². The predicted molar refractivity (Wildman–Crippen MR) is 79.9 cm³/mol. The summed E-state index contributed by atoms with van der Waals surface area (Å²) >= 11 is 5.75.